The molecule has 27 heavy (non-hydrogen) atoms. The van der Waals surface area contributed by atoms with Crippen LogP contribution in [0.3, 0.4) is 0 Å². The molecule has 7 heteroatoms. The summed E-state index contributed by atoms with van der Waals surface area (Å²) in [5.41, 5.74) is 1.74. The fourth-order valence-corrected chi connectivity index (χ4v) is 3.66. The van der Waals surface area contributed by atoms with E-state index in [2.05, 4.69) is 41.1 Å². The Bertz CT molecular complexity index is 754. The van der Waals surface area contributed by atoms with Crippen LogP contribution in [0.15, 0.2) is 30.7 Å². The molecule has 1 aliphatic heterocycles. The monoisotopic (exact) mass is 370 g/mol. The van der Waals surface area contributed by atoms with E-state index in [0.29, 0.717) is 24.2 Å². The van der Waals surface area contributed by atoms with Crippen molar-refractivity contribution in [2.45, 2.75) is 45.8 Å². The number of nitrogens with zero attached hydrogens (tertiary/aromatic N) is 5. The first kappa shape index (κ1) is 19.4. The molecule has 1 amide bonds. The third-order valence-corrected chi connectivity index (χ3v) is 5.19. The number of piperazine rings is 1. The van der Waals surface area contributed by atoms with Crippen LogP contribution in [0.5, 0.6) is 0 Å². The summed E-state index contributed by atoms with van der Waals surface area (Å²) in [5, 5.41) is 7.41. The molecule has 1 atom stereocenters. The lowest BCUT2D eigenvalue weighted by atomic mass is 10.1. The summed E-state index contributed by atoms with van der Waals surface area (Å²) in [6.07, 6.45) is 6.51. The Hall–Kier alpha value is -2.41. The van der Waals surface area contributed by atoms with Crippen LogP contribution in [0.4, 0.5) is 5.82 Å². The third kappa shape index (κ3) is 4.66. The average Bonchev–Trinajstić information content (AvgIpc) is 3.10. The van der Waals surface area contributed by atoms with Crippen molar-refractivity contribution >= 4 is 11.7 Å². The van der Waals surface area contributed by atoms with Crippen molar-refractivity contribution in [3.63, 3.8) is 0 Å². The second-order valence-electron chi connectivity index (χ2n) is 7.45. The van der Waals surface area contributed by atoms with Gasteiger partial charge in [-0.15, -0.1) is 0 Å². The van der Waals surface area contributed by atoms with Gasteiger partial charge in [0.1, 0.15) is 5.82 Å². The molecule has 1 fully saturated rings. The van der Waals surface area contributed by atoms with Crippen molar-refractivity contribution in [1.82, 2.24) is 24.6 Å². The van der Waals surface area contributed by atoms with Crippen LogP contribution in [0.25, 0.3) is 0 Å². The minimum atomic E-state index is 0.0724. The summed E-state index contributed by atoms with van der Waals surface area (Å²) < 4.78 is 1.77. The molecule has 3 heterocycles. The second kappa shape index (κ2) is 8.52. The standard InChI is InChI=1S/C20H30N6O/c1-5-18-14-25(8-9-26(18)15(2)3)20(27)17-6-7-19(22-12-17)21-10-16-11-23-24(4)13-16/h6-7,11-13,15,18H,5,8-10,14H2,1-4H3,(H,21,22)/t18-/m0/s1. The van der Waals surface area contributed by atoms with E-state index in [0.717, 1.165) is 37.4 Å². The minimum absolute atomic E-state index is 0.0724. The maximum atomic E-state index is 12.9. The first-order chi connectivity index (χ1) is 13.0. The van der Waals surface area contributed by atoms with Crippen LogP contribution in [0.2, 0.25) is 0 Å². The van der Waals surface area contributed by atoms with Crippen molar-refractivity contribution < 1.29 is 4.79 Å². The van der Waals surface area contributed by atoms with Gasteiger partial charge in [-0.25, -0.2) is 4.98 Å². The predicted octanol–water partition coefficient (Wildman–Crippen LogP) is 2.37. The molecule has 0 spiro atoms. The van der Waals surface area contributed by atoms with Crippen LogP contribution in [0, 0.1) is 0 Å². The highest BCUT2D eigenvalue weighted by atomic mass is 16.2. The molecule has 0 bridgehead atoms. The Balaban J connectivity index is 1.58. The quantitative estimate of drug-likeness (QED) is 0.846. The predicted molar refractivity (Wildman–Crippen MR) is 107 cm³/mol. The summed E-state index contributed by atoms with van der Waals surface area (Å²) in [4.78, 5) is 21.7. The number of rotatable bonds is 6. The van der Waals surface area contributed by atoms with Crippen LogP contribution in [-0.2, 0) is 13.6 Å². The topological polar surface area (TPSA) is 66.3 Å². The van der Waals surface area contributed by atoms with Crippen molar-refractivity contribution in [1.29, 1.82) is 0 Å². The van der Waals surface area contributed by atoms with E-state index in [1.54, 1.807) is 10.9 Å². The molecule has 146 valence electrons. The summed E-state index contributed by atoms with van der Waals surface area (Å²) >= 11 is 0. The number of carbonyl (C=O) groups is 1. The zero-order chi connectivity index (χ0) is 19.4. The van der Waals surface area contributed by atoms with E-state index >= 15 is 0 Å². The SMILES string of the molecule is CC[C@H]1CN(C(=O)c2ccc(NCc3cnn(C)c3)nc2)CCN1C(C)C. The largest absolute Gasteiger partial charge is 0.366 e. The Morgan fingerprint density at radius 3 is 2.70 bits per heavy atom. The Kier molecular flexibility index (Phi) is 6.11. The highest BCUT2D eigenvalue weighted by Gasteiger charge is 2.30. The fraction of sp³-hybridized carbons (Fsp3) is 0.550. The first-order valence-corrected chi connectivity index (χ1v) is 9.70. The summed E-state index contributed by atoms with van der Waals surface area (Å²) in [5.74, 6) is 0.828. The van der Waals surface area contributed by atoms with Gasteiger partial charge in [0, 0.05) is 63.3 Å². The van der Waals surface area contributed by atoms with Gasteiger partial charge >= 0.3 is 0 Å². The maximum Gasteiger partial charge on any atom is 0.255 e. The second-order valence-corrected chi connectivity index (χ2v) is 7.45. The normalized spacial score (nSPS) is 18.1. The molecular formula is C20H30N6O. The number of amides is 1. The van der Waals surface area contributed by atoms with Gasteiger partial charge < -0.3 is 10.2 Å². The summed E-state index contributed by atoms with van der Waals surface area (Å²) in [6, 6.07) is 4.66. The van der Waals surface area contributed by atoms with Crippen LogP contribution in [0.1, 0.15) is 43.1 Å². The van der Waals surface area contributed by atoms with Gasteiger partial charge in [-0.3, -0.25) is 14.4 Å². The average molecular weight is 371 g/mol. The van der Waals surface area contributed by atoms with Crippen molar-refractivity contribution in [3.05, 3.63) is 41.9 Å². The highest BCUT2D eigenvalue weighted by Crippen LogP contribution is 2.18. The number of hydrogen-bond donors (Lipinski definition) is 1. The number of pyridine rings is 1. The molecule has 2 aromatic rings. The fourth-order valence-electron chi connectivity index (χ4n) is 3.66. The Labute approximate surface area is 161 Å². The molecule has 2 aromatic heterocycles. The van der Waals surface area contributed by atoms with Gasteiger partial charge in [0.2, 0.25) is 0 Å². The van der Waals surface area contributed by atoms with Gasteiger partial charge in [-0.1, -0.05) is 6.92 Å². The molecule has 0 aromatic carbocycles. The number of anilines is 1. The maximum absolute atomic E-state index is 12.9. The van der Waals surface area contributed by atoms with E-state index in [-0.39, 0.29) is 5.91 Å². The molecule has 0 aliphatic carbocycles. The van der Waals surface area contributed by atoms with E-state index in [9.17, 15) is 4.79 Å². The Morgan fingerprint density at radius 2 is 2.11 bits per heavy atom. The highest BCUT2D eigenvalue weighted by molar-refractivity contribution is 5.94. The van der Waals surface area contributed by atoms with Gasteiger partial charge in [0.05, 0.1) is 11.8 Å². The minimum Gasteiger partial charge on any atom is -0.366 e. The molecule has 0 saturated carbocycles. The Morgan fingerprint density at radius 1 is 1.30 bits per heavy atom. The molecule has 0 unspecified atom stereocenters. The number of hydrogen-bond acceptors (Lipinski definition) is 5. The smallest absolute Gasteiger partial charge is 0.255 e. The zero-order valence-corrected chi connectivity index (χ0v) is 16.7. The molecule has 1 aliphatic rings. The summed E-state index contributed by atoms with van der Waals surface area (Å²) in [6.45, 7) is 9.79. The molecule has 0 radical (unpaired) electrons. The lowest BCUT2D eigenvalue weighted by molar-refractivity contribution is 0.0371. The van der Waals surface area contributed by atoms with Crippen LogP contribution < -0.4 is 5.32 Å². The van der Waals surface area contributed by atoms with Gasteiger partial charge in [0.25, 0.3) is 5.91 Å². The van der Waals surface area contributed by atoms with Crippen molar-refractivity contribution in [2.24, 2.45) is 7.05 Å². The zero-order valence-electron chi connectivity index (χ0n) is 16.7. The molecule has 1 saturated heterocycles. The van der Waals surface area contributed by atoms with Crippen molar-refractivity contribution in [3.8, 4) is 0 Å². The third-order valence-electron chi connectivity index (χ3n) is 5.19. The lowest BCUT2D eigenvalue weighted by Crippen LogP contribution is -2.56. The molecule has 7 nitrogen and oxygen atoms in total. The van der Waals surface area contributed by atoms with Crippen molar-refractivity contribution in [2.75, 3.05) is 25.0 Å². The molecule has 3 rings (SSSR count). The van der Waals surface area contributed by atoms with Crippen LogP contribution >= 0.6 is 0 Å². The number of aryl methyl sites for hydroxylation is 1. The molecule has 1 N–H and O–H groups in total. The summed E-state index contributed by atoms with van der Waals surface area (Å²) in [7, 11) is 1.90. The van der Waals surface area contributed by atoms with Crippen LogP contribution in [-0.4, -0.2) is 62.2 Å². The lowest BCUT2D eigenvalue weighted by Gasteiger charge is -2.43. The number of aromatic nitrogens is 3. The van der Waals surface area contributed by atoms with E-state index < -0.39 is 0 Å². The van der Waals surface area contributed by atoms with E-state index in [4.69, 9.17) is 0 Å². The number of nitrogens with one attached hydrogen (secondary N) is 1. The number of carbonyl (C=O) groups excluding carboxylic acids is 1. The van der Waals surface area contributed by atoms with Gasteiger partial charge in [-0.05, 0) is 32.4 Å². The first-order valence-electron chi connectivity index (χ1n) is 9.70. The van der Waals surface area contributed by atoms with E-state index in [1.165, 1.54) is 0 Å². The van der Waals surface area contributed by atoms with E-state index in [1.807, 2.05) is 36.5 Å². The van der Waals surface area contributed by atoms with Gasteiger partial charge in [0.15, 0.2) is 0 Å². The molecular weight excluding hydrogens is 340 g/mol. The van der Waals surface area contributed by atoms with Gasteiger partial charge in [-0.2, -0.15) is 5.10 Å².